The number of hydrogen-bond acceptors (Lipinski definition) is 2. The minimum Gasteiger partial charge on any atom is -0.392 e. The van der Waals surface area contributed by atoms with E-state index in [9.17, 15) is 5.11 Å². The van der Waals surface area contributed by atoms with Crippen molar-refractivity contribution in [3.05, 3.63) is 0 Å². The molecule has 0 radical (unpaired) electrons. The summed E-state index contributed by atoms with van der Waals surface area (Å²) in [5.41, 5.74) is 0.439. The fraction of sp³-hybridized carbons (Fsp3) is 1.00. The topological polar surface area (TPSA) is 20.2 Å². The van der Waals surface area contributed by atoms with Gasteiger partial charge in [0.1, 0.15) is 0 Å². The molecule has 0 spiro atoms. The van der Waals surface area contributed by atoms with E-state index in [1.807, 2.05) is 0 Å². The second kappa shape index (κ2) is 2.42. The third-order valence-corrected chi connectivity index (χ3v) is 5.23. The number of fused-ring (bicyclic) bond motifs is 2. The van der Waals surface area contributed by atoms with Crippen LogP contribution in [0.1, 0.15) is 33.1 Å². The number of rotatable bonds is 1. The monoisotopic (exact) mass is 186 g/mol. The molecule has 0 heterocycles. The Labute approximate surface area is 80.0 Å². The molecule has 2 aliphatic rings. The molecule has 2 saturated carbocycles. The van der Waals surface area contributed by atoms with Crippen molar-refractivity contribution < 1.29 is 5.11 Å². The number of thiol groups is 1. The van der Waals surface area contributed by atoms with Crippen LogP contribution in [0.2, 0.25) is 0 Å². The molecule has 0 saturated heterocycles. The Hall–Kier alpha value is 0.310. The molecule has 2 aliphatic carbocycles. The third-order valence-electron chi connectivity index (χ3n) is 4.67. The zero-order valence-corrected chi connectivity index (χ0v) is 8.77. The zero-order chi connectivity index (χ0) is 8.98. The van der Waals surface area contributed by atoms with Crippen LogP contribution in [-0.2, 0) is 0 Å². The van der Waals surface area contributed by atoms with E-state index in [4.69, 9.17) is 0 Å². The van der Waals surface area contributed by atoms with Gasteiger partial charge in [-0.25, -0.2) is 0 Å². The number of aliphatic hydroxyl groups excluding tert-OH is 1. The summed E-state index contributed by atoms with van der Waals surface area (Å²) >= 11 is 4.42. The van der Waals surface area contributed by atoms with Gasteiger partial charge in [0.05, 0.1) is 6.10 Å². The third kappa shape index (κ3) is 0.759. The molecule has 2 heteroatoms. The number of aliphatic hydroxyl groups is 1. The molecule has 0 aliphatic heterocycles. The molecule has 12 heavy (non-hydrogen) atoms. The SMILES string of the molecule is CC1(C)C2CC[C@]1(CS)[C@H](O)C2. The van der Waals surface area contributed by atoms with Gasteiger partial charge in [-0.1, -0.05) is 13.8 Å². The van der Waals surface area contributed by atoms with Gasteiger partial charge in [0.15, 0.2) is 0 Å². The lowest BCUT2D eigenvalue weighted by Gasteiger charge is -2.39. The van der Waals surface area contributed by atoms with Crippen molar-refractivity contribution in [1.29, 1.82) is 0 Å². The van der Waals surface area contributed by atoms with Crippen LogP contribution >= 0.6 is 12.6 Å². The van der Waals surface area contributed by atoms with Gasteiger partial charge in [-0.05, 0) is 36.3 Å². The van der Waals surface area contributed by atoms with Crippen molar-refractivity contribution >= 4 is 12.6 Å². The van der Waals surface area contributed by atoms with Gasteiger partial charge in [-0.3, -0.25) is 0 Å². The fourth-order valence-electron chi connectivity index (χ4n) is 3.41. The highest BCUT2D eigenvalue weighted by Gasteiger charge is 2.62. The fourth-order valence-corrected chi connectivity index (χ4v) is 4.19. The minimum atomic E-state index is -0.0938. The Morgan fingerprint density at radius 3 is 2.42 bits per heavy atom. The predicted molar refractivity (Wildman–Crippen MR) is 53.4 cm³/mol. The van der Waals surface area contributed by atoms with E-state index in [-0.39, 0.29) is 11.5 Å². The molecular formula is C10H18OS. The molecule has 1 N–H and O–H groups in total. The van der Waals surface area contributed by atoms with Crippen LogP contribution in [0.3, 0.4) is 0 Å². The first kappa shape index (κ1) is 8.89. The van der Waals surface area contributed by atoms with Crippen molar-refractivity contribution in [2.75, 3.05) is 5.75 Å². The maximum Gasteiger partial charge on any atom is 0.0612 e. The average molecular weight is 186 g/mol. The summed E-state index contributed by atoms with van der Waals surface area (Å²) in [6, 6.07) is 0. The Morgan fingerprint density at radius 1 is 1.50 bits per heavy atom. The maximum atomic E-state index is 9.96. The molecule has 0 aromatic heterocycles. The molecule has 1 unspecified atom stereocenters. The summed E-state index contributed by atoms with van der Waals surface area (Å²) in [7, 11) is 0. The summed E-state index contributed by atoms with van der Waals surface area (Å²) in [6.45, 7) is 4.61. The largest absolute Gasteiger partial charge is 0.392 e. The molecule has 0 amide bonds. The van der Waals surface area contributed by atoms with E-state index >= 15 is 0 Å². The molecule has 70 valence electrons. The van der Waals surface area contributed by atoms with Crippen LogP contribution in [0, 0.1) is 16.7 Å². The van der Waals surface area contributed by atoms with Crippen molar-refractivity contribution in [3.63, 3.8) is 0 Å². The van der Waals surface area contributed by atoms with Crippen LogP contribution in [-0.4, -0.2) is 17.0 Å². The molecule has 3 atom stereocenters. The smallest absolute Gasteiger partial charge is 0.0612 e. The standard InChI is InChI=1S/C10H18OS/c1-9(2)7-3-4-10(9,6-12)8(11)5-7/h7-8,11-12H,3-6H2,1-2H3/t7?,8-,10+/m1/s1. The highest BCUT2D eigenvalue weighted by Crippen LogP contribution is 2.65. The first-order valence-electron chi connectivity index (χ1n) is 4.83. The molecule has 2 bridgehead atoms. The molecule has 1 nitrogen and oxygen atoms in total. The van der Waals surface area contributed by atoms with Crippen molar-refractivity contribution in [2.45, 2.75) is 39.2 Å². The van der Waals surface area contributed by atoms with E-state index in [0.717, 1.165) is 18.1 Å². The Bertz CT molecular complexity index is 202. The summed E-state index contributed by atoms with van der Waals surface area (Å²) in [5, 5.41) is 9.96. The van der Waals surface area contributed by atoms with Gasteiger partial charge < -0.3 is 5.11 Å². The summed E-state index contributed by atoms with van der Waals surface area (Å²) < 4.78 is 0. The van der Waals surface area contributed by atoms with Crippen molar-refractivity contribution in [1.82, 2.24) is 0 Å². The van der Waals surface area contributed by atoms with Crippen LogP contribution in [0.4, 0.5) is 0 Å². The van der Waals surface area contributed by atoms with Gasteiger partial charge in [0.2, 0.25) is 0 Å². The Kier molecular flexibility index (Phi) is 1.79. The van der Waals surface area contributed by atoms with E-state index in [0.29, 0.717) is 5.41 Å². The van der Waals surface area contributed by atoms with Gasteiger partial charge in [-0.2, -0.15) is 12.6 Å². The van der Waals surface area contributed by atoms with Crippen LogP contribution in [0.15, 0.2) is 0 Å². The normalized spacial score (nSPS) is 50.0. The summed E-state index contributed by atoms with van der Waals surface area (Å²) in [6.07, 6.45) is 3.39. The van der Waals surface area contributed by atoms with Crippen LogP contribution in [0.5, 0.6) is 0 Å². The van der Waals surface area contributed by atoms with Crippen molar-refractivity contribution in [2.24, 2.45) is 16.7 Å². The Morgan fingerprint density at radius 2 is 2.17 bits per heavy atom. The quantitative estimate of drug-likeness (QED) is 0.601. The highest BCUT2D eigenvalue weighted by atomic mass is 32.1. The lowest BCUT2D eigenvalue weighted by Crippen LogP contribution is -2.40. The van der Waals surface area contributed by atoms with E-state index in [2.05, 4.69) is 26.5 Å². The maximum absolute atomic E-state index is 9.96. The summed E-state index contributed by atoms with van der Waals surface area (Å²) in [5.74, 6) is 1.58. The molecule has 2 rings (SSSR count). The minimum absolute atomic E-state index is 0.0938. The first-order chi connectivity index (χ1) is 5.54. The van der Waals surface area contributed by atoms with E-state index in [1.54, 1.807) is 0 Å². The van der Waals surface area contributed by atoms with Gasteiger partial charge in [0.25, 0.3) is 0 Å². The van der Waals surface area contributed by atoms with Crippen molar-refractivity contribution in [3.8, 4) is 0 Å². The van der Waals surface area contributed by atoms with E-state index < -0.39 is 0 Å². The molecule has 2 fully saturated rings. The Balaban J connectivity index is 2.39. The zero-order valence-electron chi connectivity index (χ0n) is 7.88. The second-order valence-electron chi connectivity index (χ2n) is 5.02. The average Bonchev–Trinajstić information content (AvgIpc) is 2.36. The summed E-state index contributed by atoms with van der Waals surface area (Å²) in [4.78, 5) is 0. The molecule has 0 aromatic rings. The lowest BCUT2D eigenvalue weighted by atomic mass is 9.70. The van der Waals surface area contributed by atoms with Gasteiger partial charge >= 0.3 is 0 Å². The van der Waals surface area contributed by atoms with E-state index in [1.165, 1.54) is 12.8 Å². The molecule has 0 aromatic carbocycles. The molecular weight excluding hydrogens is 168 g/mol. The number of hydrogen-bond donors (Lipinski definition) is 2. The predicted octanol–water partition coefficient (Wildman–Crippen LogP) is 2.10. The van der Waals surface area contributed by atoms with Crippen LogP contribution in [0.25, 0.3) is 0 Å². The van der Waals surface area contributed by atoms with Crippen LogP contribution < -0.4 is 0 Å². The highest BCUT2D eigenvalue weighted by molar-refractivity contribution is 7.80. The van der Waals surface area contributed by atoms with Gasteiger partial charge in [-0.15, -0.1) is 0 Å². The second-order valence-corrected chi connectivity index (χ2v) is 5.34. The van der Waals surface area contributed by atoms with Gasteiger partial charge in [0, 0.05) is 5.41 Å². The first-order valence-corrected chi connectivity index (χ1v) is 5.47. The lowest BCUT2D eigenvalue weighted by molar-refractivity contribution is 0.0171.